The van der Waals surface area contributed by atoms with Gasteiger partial charge in [-0.3, -0.25) is 9.89 Å². The third kappa shape index (κ3) is 8.97. The van der Waals surface area contributed by atoms with E-state index in [0.717, 1.165) is 36.3 Å². The standard InChI is InChI=1S/C25H32N4O3.HI/c1-26-25(27-14-16-32-23-12-10-22(30-3)11-13-23)28-17-20-7-4-5-8-21(20)18-29(2)19-24-9-6-15-31-24;/h4-13,15H,14,16-19H2,1-3H3,(H2,26,27,28);1H. The quantitative estimate of drug-likeness (QED) is 0.157. The van der Waals surface area contributed by atoms with E-state index < -0.39 is 0 Å². The molecule has 33 heavy (non-hydrogen) atoms. The Labute approximate surface area is 213 Å². The van der Waals surface area contributed by atoms with Crippen LogP contribution in [0.5, 0.6) is 11.5 Å². The average molecular weight is 564 g/mol. The van der Waals surface area contributed by atoms with E-state index in [4.69, 9.17) is 13.9 Å². The van der Waals surface area contributed by atoms with Crippen LogP contribution in [0.1, 0.15) is 16.9 Å². The van der Waals surface area contributed by atoms with Crippen molar-refractivity contribution in [1.82, 2.24) is 15.5 Å². The number of hydrogen-bond acceptors (Lipinski definition) is 5. The van der Waals surface area contributed by atoms with Crippen LogP contribution in [0.15, 0.2) is 76.3 Å². The van der Waals surface area contributed by atoms with E-state index in [1.165, 1.54) is 11.1 Å². The van der Waals surface area contributed by atoms with Gasteiger partial charge >= 0.3 is 0 Å². The second-order valence-corrected chi connectivity index (χ2v) is 7.40. The highest BCUT2D eigenvalue weighted by molar-refractivity contribution is 14.0. The van der Waals surface area contributed by atoms with Crippen molar-refractivity contribution in [1.29, 1.82) is 0 Å². The molecule has 0 unspecified atom stereocenters. The Morgan fingerprint density at radius 1 is 0.939 bits per heavy atom. The van der Waals surface area contributed by atoms with Crippen molar-refractivity contribution in [2.24, 2.45) is 4.99 Å². The molecule has 0 bridgehead atoms. The Bertz CT molecular complexity index is 962. The molecule has 0 saturated carbocycles. The van der Waals surface area contributed by atoms with Crippen LogP contribution < -0.4 is 20.1 Å². The number of ether oxygens (including phenoxy) is 2. The highest BCUT2D eigenvalue weighted by Crippen LogP contribution is 2.16. The van der Waals surface area contributed by atoms with Gasteiger partial charge in [-0.1, -0.05) is 24.3 Å². The van der Waals surface area contributed by atoms with Gasteiger partial charge in [0.1, 0.15) is 23.9 Å². The maximum atomic E-state index is 5.75. The van der Waals surface area contributed by atoms with Crippen LogP contribution in [0.2, 0.25) is 0 Å². The third-order valence-electron chi connectivity index (χ3n) is 4.96. The molecule has 1 aromatic heterocycles. The summed E-state index contributed by atoms with van der Waals surface area (Å²) in [5, 5.41) is 6.68. The lowest BCUT2D eigenvalue weighted by Crippen LogP contribution is -2.39. The molecule has 0 aliphatic rings. The lowest BCUT2D eigenvalue weighted by atomic mass is 10.1. The van der Waals surface area contributed by atoms with Gasteiger partial charge in [0.15, 0.2) is 5.96 Å². The van der Waals surface area contributed by atoms with Gasteiger partial charge in [-0.25, -0.2) is 0 Å². The van der Waals surface area contributed by atoms with E-state index >= 15 is 0 Å². The Balaban J connectivity index is 0.00000385. The third-order valence-corrected chi connectivity index (χ3v) is 4.96. The van der Waals surface area contributed by atoms with E-state index in [0.29, 0.717) is 19.7 Å². The van der Waals surface area contributed by atoms with E-state index in [9.17, 15) is 0 Å². The summed E-state index contributed by atoms with van der Waals surface area (Å²) in [4.78, 5) is 6.55. The Morgan fingerprint density at radius 2 is 1.67 bits per heavy atom. The maximum Gasteiger partial charge on any atom is 0.191 e. The fourth-order valence-electron chi connectivity index (χ4n) is 3.31. The molecule has 0 aliphatic carbocycles. The number of rotatable bonds is 11. The first-order valence-electron chi connectivity index (χ1n) is 10.7. The van der Waals surface area contributed by atoms with Crippen molar-refractivity contribution in [3.63, 3.8) is 0 Å². The van der Waals surface area contributed by atoms with Gasteiger partial charge in [0, 0.05) is 20.1 Å². The fourth-order valence-corrected chi connectivity index (χ4v) is 3.31. The van der Waals surface area contributed by atoms with Crippen molar-refractivity contribution >= 4 is 29.9 Å². The molecule has 2 N–H and O–H groups in total. The number of benzene rings is 2. The number of furan rings is 1. The number of halogens is 1. The molecule has 0 radical (unpaired) electrons. The summed E-state index contributed by atoms with van der Waals surface area (Å²) in [5.41, 5.74) is 2.50. The molecule has 8 heteroatoms. The zero-order valence-corrected chi connectivity index (χ0v) is 21.7. The normalized spacial score (nSPS) is 11.1. The zero-order chi connectivity index (χ0) is 22.6. The van der Waals surface area contributed by atoms with Crippen LogP contribution in [0, 0.1) is 0 Å². The number of methoxy groups -OCH3 is 1. The first-order valence-corrected chi connectivity index (χ1v) is 10.7. The van der Waals surface area contributed by atoms with Crippen molar-refractivity contribution in [3.8, 4) is 11.5 Å². The predicted octanol–water partition coefficient (Wildman–Crippen LogP) is 4.28. The molecule has 0 saturated heterocycles. The summed E-state index contributed by atoms with van der Waals surface area (Å²) >= 11 is 0. The molecule has 0 amide bonds. The summed E-state index contributed by atoms with van der Waals surface area (Å²) in [6, 6.07) is 19.9. The predicted molar refractivity (Wildman–Crippen MR) is 142 cm³/mol. The largest absolute Gasteiger partial charge is 0.497 e. The van der Waals surface area contributed by atoms with Crippen molar-refractivity contribution < 1.29 is 13.9 Å². The molecule has 178 valence electrons. The number of guanidine groups is 1. The number of hydrogen-bond donors (Lipinski definition) is 2. The lowest BCUT2D eigenvalue weighted by Gasteiger charge is -2.19. The van der Waals surface area contributed by atoms with E-state index in [1.54, 1.807) is 20.4 Å². The topological polar surface area (TPSA) is 71.3 Å². The van der Waals surface area contributed by atoms with Gasteiger partial charge in [0.05, 0.1) is 26.5 Å². The monoisotopic (exact) mass is 564 g/mol. The molecule has 0 spiro atoms. The van der Waals surface area contributed by atoms with Gasteiger partial charge in [0.2, 0.25) is 0 Å². The fraction of sp³-hybridized carbons (Fsp3) is 0.320. The van der Waals surface area contributed by atoms with Gasteiger partial charge < -0.3 is 24.5 Å². The van der Waals surface area contributed by atoms with Crippen LogP contribution in [-0.4, -0.2) is 45.2 Å². The van der Waals surface area contributed by atoms with E-state index in [-0.39, 0.29) is 24.0 Å². The van der Waals surface area contributed by atoms with Gasteiger partial charge in [0.25, 0.3) is 0 Å². The van der Waals surface area contributed by atoms with Crippen LogP contribution in [0.3, 0.4) is 0 Å². The van der Waals surface area contributed by atoms with Crippen LogP contribution >= 0.6 is 24.0 Å². The number of aliphatic imine (C=N–C) groups is 1. The molecule has 1 heterocycles. The highest BCUT2D eigenvalue weighted by Gasteiger charge is 2.08. The Morgan fingerprint density at radius 3 is 2.33 bits per heavy atom. The molecule has 0 atom stereocenters. The molecule has 0 aliphatic heterocycles. The summed E-state index contributed by atoms with van der Waals surface area (Å²) in [6.07, 6.45) is 1.71. The SMILES string of the molecule is CN=C(NCCOc1ccc(OC)cc1)NCc1ccccc1CN(C)Cc1ccco1.I. The van der Waals surface area contributed by atoms with Crippen molar-refractivity contribution in [2.75, 3.05) is 34.4 Å². The molecule has 7 nitrogen and oxygen atoms in total. The minimum atomic E-state index is 0. The van der Waals surface area contributed by atoms with Gasteiger partial charge in [-0.2, -0.15) is 0 Å². The summed E-state index contributed by atoms with van der Waals surface area (Å²) in [7, 11) is 5.51. The Hall–Kier alpha value is -2.72. The van der Waals surface area contributed by atoms with Gasteiger partial charge in [-0.05, 0) is 54.6 Å². The van der Waals surface area contributed by atoms with Crippen LogP contribution in [0.4, 0.5) is 0 Å². The first-order chi connectivity index (χ1) is 15.7. The average Bonchev–Trinajstić information content (AvgIpc) is 3.32. The summed E-state index contributed by atoms with van der Waals surface area (Å²) in [5.74, 6) is 3.32. The molecule has 2 aromatic carbocycles. The second-order valence-electron chi connectivity index (χ2n) is 7.40. The number of nitrogens with one attached hydrogen (secondary N) is 2. The lowest BCUT2D eigenvalue weighted by molar-refractivity contribution is 0.287. The minimum Gasteiger partial charge on any atom is -0.497 e. The maximum absolute atomic E-state index is 5.75. The van der Waals surface area contributed by atoms with Crippen LogP contribution in [-0.2, 0) is 19.6 Å². The molecular formula is C25H33IN4O3. The van der Waals surface area contributed by atoms with Gasteiger partial charge in [-0.15, -0.1) is 24.0 Å². The highest BCUT2D eigenvalue weighted by atomic mass is 127. The van der Waals surface area contributed by atoms with E-state index in [2.05, 4.69) is 51.8 Å². The molecular weight excluding hydrogens is 531 g/mol. The van der Waals surface area contributed by atoms with Crippen molar-refractivity contribution in [2.45, 2.75) is 19.6 Å². The first kappa shape index (κ1) is 26.5. The Kier molecular flexibility index (Phi) is 11.6. The van der Waals surface area contributed by atoms with E-state index in [1.807, 2.05) is 36.4 Å². The number of nitrogens with zero attached hydrogens (tertiary/aromatic N) is 2. The molecule has 0 fully saturated rings. The summed E-state index contributed by atoms with van der Waals surface area (Å²) in [6.45, 7) is 3.46. The summed E-state index contributed by atoms with van der Waals surface area (Å²) < 4.78 is 16.4. The molecule has 3 rings (SSSR count). The van der Waals surface area contributed by atoms with Crippen LogP contribution in [0.25, 0.3) is 0 Å². The van der Waals surface area contributed by atoms with Crippen molar-refractivity contribution in [3.05, 3.63) is 83.8 Å². The second kappa shape index (κ2) is 14.4. The zero-order valence-electron chi connectivity index (χ0n) is 19.4. The molecule has 3 aromatic rings. The minimum absolute atomic E-state index is 0. The smallest absolute Gasteiger partial charge is 0.191 e.